The number of nitrogens with zero attached hydrogens (tertiary/aromatic N) is 1. The van der Waals surface area contributed by atoms with E-state index in [1.54, 1.807) is 0 Å². The highest BCUT2D eigenvalue weighted by molar-refractivity contribution is 6.04. The lowest BCUT2D eigenvalue weighted by atomic mass is 10.2. The Labute approximate surface area is 112 Å². The molecule has 0 radical (unpaired) electrons. The number of hydrogen-bond acceptors (Lipinski definition) is 3. The summed E-state index contributed by atoms with van der Waals surface area (Å²) < 4.78 is 26.9. The minimum absolute atomic E-state index is 0.245. The minimum Gasteiger partial charge on any atom is -0.319 e. The van der Waals surface area contributed by atoms with Gasteiger partial charge >= 0.3 is 0 Å². The molecular formula is C13H8F2N2O3. The minimum atomic E-state index is -0.969. The molecule has 0 aromatic heterocycles. The van der Waals surface area contributed by atoms with Crippen LogP contribution in [-0.4, -0.2) is 10.8 Å². The molecule has 20 heavy (non-hydrogen) atoms. The van der Waals surface area contributed by atoms with Gasteiger partial charge in [0.2, 0.25) is 0 Å². The highest BCUT2D eigenvalue weighted by Crippen LogP contribution is 2.21. The van der Waals surface area contributed by atoms with Crippen molar-refractivity contribution in [3.63, 3.8) is 0 Å². The number of halogens is 2. The Bertz CT molecular complexity index is 689. The van der Waals surface area contributed by atoms with Gasteiger partial charge < -0.3 is 5.32 Å². The van der Waals surface area contributed by atoms with Crippen LogP contribution in [0.15, 0.2) is 42.5 Å². The molecule has 2 aromatic carbocycles. The van der Waals surface area contributed by atoms with E-state index in [4.69, 9.17) is 0 Å². The highest BCUT2D eigenvalue weighted by atomic mass is 19.1. The molecule has 0 fully saturated rings. The number of benzene rings is 2. The van der Waals surface area contributed by atoms with Gasteiger partial charge in [-0.15, -0.1) is 0 Å². The largest absolute Gasteiger partial charge is 0.319 e. The highest BCUT2D eigenvalue weighted by Gasteiger charge is 2.15. The number of nitro benzene ring substituents is 1. The zero-order valence-electron chi connectivity index (χ0n) is 9.97. The molecule has 102 valence electrons. The van der Waals surface area contributed by atoms with Crippen LogP contribution in [-0.2, 0) is 0 Å². The fourth-order valence-corrected chi connectivity index (χ4v) is 1.55. The fraction of sp³-hybridized carbons (Fsp3) is 0. The molecule has 0 spiro atoms. The molecule has 5 nitrogen and oxygen atoms in total. The van der Waals surface area contributed by atoms with Gasteiger partial charge in [-0.3, -0.25) is 14.9 Å². The molecule has 0 saturated heterocycles. The van der Waals surface area contributed by atoms with Gasteiger partial charge in [-0.25, -0.2) is 8.78 Å². The van der Waals surface area contributed by atoms with Gasteiger partial charge in [0.15, 0.2) is 5.82 Å². The van der Waals surface area contributed by atoms with Crippen LogP contribution in [0.2, 0.25) is 0 Å². The van der Waals surface area contributed by atoms with E-state index in [0.29, 0.717) is 6.07 Å². The second-order valence-corrected chi connectivity index (χ2v) is 3.86. The molecule has 0 bridgehead atoms. The van der Waals surface area contributed by atoms with Crippen LogP contribution in [0.5, 0.6) is 0 Å². The first-order valence-corrected chi connectivity index (χ1v) is 5.49. The molecule has 7 heteroatoms. The number of anilines is 1. The van der Waals surface area contributed by atoms with Gasteiger partial charge in [-0.05, 0) is 18.2 Å². The molecule has 0 aliphatic carbocycles. The number of nitro groups is 1. The molecule has 2 rings (SSSR count). The van der Waals surface area contributed by atoms with Crippen LogP contribution in [0.4, 0.5) is 20.2 Å². The van der Waals surface area contributed by atoms with Crippen LogP contribution in [0.25, 0.3) is 0 Å². The Morgan fingerprint density at radius 1 is 1.10 bits per heavy atom. The van der Waals surface area contributed by atoms with Crippen molar-refractivity contribution in [3.05, 3.63) is 69.8 Å². The van der Waals surface area contributed by atoms with Gasteiger partial charge in [-0.1, -0.05) is 12.1 Å². The third-order valence-corrected chi connectivity index (χ3v) is 2.53. The van der Waals surface area contributed by atoms with Crippen molar-refractivity contribution >= 4 is 17.3 Å². The maximum absolute atomic E-state index is 13.6. The Hall–Kier alpha value is -2.83. The lowest BCUT2D eigenvalue weighted by molar-refractivity contribution is -0.385. The van der Waals surface area contributed by atoms with Crippen LogP contribution >= 0.6 is 0 Å². The summed E-state index contributed by atoms with van der Waals surface area (Å²) in [6.07, 6.45) is 0. The maximum Gasteiger partial charge on any atom is 0.272 e. The van der Waals surface area contributed by atoms with Crippen molar-refractivity contribution in [2.45, 2.75) is 0 Å². The maximum atomic E-state index is 13.6. The molecule has 1 amide bonds. The lowest BCUT2D eigenvalue weighted by Crippen LogP contribution is -2.14. The lowest BCUT2D eigenvalue weighted by Gasteiger charge is -2.06. The Morgan fingerprint density at radius 3 is 2.40 bits per heavy atom. The number of non-ortho nitro benzene ring substituents is 1. The van der Waals surface area contributed by atoms with Crippen molar-refractivity contribution in [1.29, 1.82) is 0 Å². The third kappa shape index (κ3) is 2.77. The van der Waals surface area contributed by atoms with Crippen molar-refractivity contribution in [1.82, 2.24) is 0 Å². The molecule has 0 heterocycles. The second-order valence-electron chi connectivity index (χ2n) is 3.86. The van der Waals surface area contributed by atoms with E-state index in [0.717, 1.165) is 18.2 Å². The van der Waals surface area contributed by atoms with Crippen LogP contribution in [0, 0.1) is 21.7 Å². The van der Waals surface area contributed by atoms with Gasteiger partial charge in [0.1, 0.15) is 5.82 Å². The summed E-state index contributed by atoms with van der Waals surface area (Å²) in [5.74, 6) is -2.55. The molecular weight excluding hydrogens is 270 g/mol. The average molecular weight is 278 g/mol. The van der Waals surface area contributed by atoms with Crippen molar-refractivity contribution in [3.8, 4) is 0 Å². The van der Waals surface area contributed by atoms with E-state index in [-0.39, 0.29) is 11.3 Å². The van der Waals surface area contributed by atoms with Crippen LogP contribution < -0.4 is 5.32 Å². The second kappa shape index (κ2) is 5.43. The number of amides is 1. The van der Waals surface area contributed by atoms with E-state index in [1.165, 1.54) is 18.2 Å². The molecule has 0 unspecified atom stereocenters. The average Bonchev–Trinajstić information content (AvgIpc) is 2.41. The normalized spacial score (nSPS) is 10.1. The van der Waals surface area contributed by atoms with Gasteiger partial charge in [0.25, 0.3) is 11.6 Å². The number of nitrogens with one attached hydrogen (secondary N) is 1. The quantitative estimate of drug-likeness (QED) is 0.692. The molecule has 0 aliphatic rings. The van der Waals surface area contributed by atoms with Gasteiger partial charge in [-0.2, -0.15) is 0 Å². The van der Waals surface area contributed by atoms with E-state index >= 15 is 0 Å². The van der Waals surface area contributed by atoms with Crippen molar-refractivity contribution < 1.29 is 18.5 Å². The summed E-state index contributed by atoms with van der Waals surface area (Å²) in [6, 6.07) is 7.99. The van der Waals surface area contributed by atoms with E-state index in [2.05, 4.69) is 5.32 Å². The zero-order valence-corrected chi connectivity index (χ0v) is 9.97. The van der Waals surface area contributed by atoms with Crippen LogP contribution in [0.3, 0.4) is 0 Å². The number of rotatable bonds is 3. The first-order chi connectivity index (χ1) is 9.49. The van der Waals surface area contributed by atoms with E-state index in [1.807, 2.05) is 0 Å². The molecule has 0 aliphatic heterocycles. The Balaban J connectivity index is 2.25. The summed E-state index contributed by atoms with van der Waals surface area (Å²) in [7, 11) is 0. The molecule has 2 aromatic rings. The number of carbonyl (C=O) groups is 1. The van der Waals surface area contributed by atoms with Crippen LogP contribution in [0.1, 0.15) is 10.4 Å². The molecule has 1 N–H and O–H groups in total. The molecule has 0 saturated carbocycles. The summed E-state index contributed by atoms with van der Waals surface area (Å²) in [5.41, 5.74) is -0.944. The predicted octanol–water partition coefficient (Wildman–Crippen LogP) is 3.13. The smallest absolute Gasteiger partial charge is 0.272 e. The first kappa shape index (κ1) is 13.6. The SMILES string of the molecule is O=C(Nc1ccc([N+](=O)[O-])cc1F)c1ccccc1F. The standard InChI is InChI=1S/C13H8F2N2O3/c14-10-4-2-1-3-9(10)13(18)16-12-6-5-8(17(19)20)7-11(12)15/h1-7H,(H,16,18). The van der Waals surface area contributed by atoms with Gasteiger partial charge in [0.05, 0.1) is 22.2 Å². The van der Waals surface area contributed by atoms with Gasteiger partial charge in [0, 0.05) is 6.07 Å². The summed E-state index contributed by atoms with van der Waals surface area (Å²) in [5, 5.41) is 12.6. The summed E-state index contributed by atoms with van der Waals surface area (Å²) in [4.78, 5) is 21.5. The topological polar surface area (TPSA) is 72.2 Å². The predicted molar refractivity (Wildman–Crippen MR) is 67.4 cm³/mol. The Morgan fingerprint density at radius 2 is 1.80 bits per heavy atom. The third-order valence-electron chi connectivity index (χ3n) is 2.53. The number of carbonyl (C=O) groups excluding carboxylic acids is 1. The molecule has 0 atom stereocenters. The first-order valence-electron chi connectivity index (χ1n) is 5.49. The summed E-state index contributed by atoms with van der Waals surface area (Å²) in [6.45, 7) is 0. The monoisotopic (exact) mass is 278 g/mol. The number of hydrogen-bond donors (Lipinski definition) is 1. The summed E-state index contributed by atoms with van der Waals surface area (Å²) >= 11 is 0. The fourth-order valence-electron chi connectivity index (χ4n) is 1.55. The van der Waals surface area contributed by atoms with Crippen molar-refractivity contribution in [2.24, 2.45) is 0 Å². The van der Waals surface area contributed by atoms with E-state index in [9.17, 15) is 23.7 Å². The zero-order chi connectivity index (χ0) is 14.7. The Kier molecular flexibility index (Phi) is 3.69. The van der Waals surface area contributed by atoms with E-state index < -0.39 is 28.2 Å². The van der Waals surface area contributed by atoms with Crippen molar-refractivity contribution in [2.75, 3.05) is 5.32 Å².